The van der Waals surface area contributed by atoms with Crippen molar-refractivity contribution in [3.63, 3.8) is 0 Å². The van der Waals surface area contributed by atoms with E-state index < -0.39 is 17.2 Å². The number of nitrogens with one attached hydrogen (secondary N) is 3. The summed E-state index contributed by atoms with van der Waals surface area (Å²) >= 11 is 0. The third-order valence-corrected chi connectivity index (χ3v) is 3.47. The van der Waals surface area contributed by atoms with Crippen molar-refractivity contribution in [3.05, 3.63) is 35.4 Å². The highest BCUT2D eigenvalue weighted by atomic mass is 16.6. The van der Waals surface area contributed by atoms with Crippen molar-refractivity contribution in [2.45, 2.75) is 59.2 Å². The minimum atomic E-state index is -0.515. The molecular formula is C19H32N4O2. The molecule has 0 radical (unpaired) electrons. The van der Waals surface area contributed by atoms with Crippen molar-refractivity contribution < 1.29 is 9.53 Å². The zero-order chi connectivity index (χ0) is 19.1. The van der Waals surface area contributed by atoms with E-state index in [1.165, 1.54) is 11.1 Å². The van der Waals surface area contributed by atoms with Crippen LogP contribution in [0.3, 0.4) is 0 Å². The monoisotopic (exact) mass is 348 g/mol. The van der Waals surface area contributed by atoms with Gasteiger partial charge in [-0.05, 0) is 52.7 Å². The van der Waals surface area contributed by atoms with Gasteiger partial charge in [0.1, 0.15) is 5.60 Å². The molecule has 0 atom stereocenters. The fourth-order valence-electron chi connectivity index (χ4n) is 2.14. The number of benzene rings is 1. The van der Waals surface area contributed by atoms with Crippen LogP contribution >= 0.6 is 0 Å². The van der Waals surface area contributed by atoms with Crippen LogP contribution < -0.4 is 16.0 Å². The number of alkyl carbamates (subject to hydrolysis) is 1. The lowest BCUT2D eigenvalue weighted by Crippen LogP contribution is -2.54. The summed E-state index contributed by atoms with van der Waals surface area (Å²) in [5.74, 6) is 0.683. The molecule has 1 amide bonds. The van der Waals surface area contributed by atoms with Crippen molar-refractivity contribution in [1.82, 2.24) is 16.0 Å². The molecule has 0 fully saturated rings. The zero-order valence-corrected chi connectivity index (χ0v) is 16.5. The fourth-order valence-corrected chi connectivity index (χ4v) is 2.14. The van der Waals surface area contributed by atoms with Crippen LogP contribution in [-0.4, -0.2) is 36.8 Å². The Labute approximate surface area is 151 Å². The highest BCUT2D eigenvalue weighted by Crippen LogP contribution is 2.09. The van der Waals surface area contributed by atoms with Gasteiger partial charge < -0.3 is 20.7 Å². The van der Waals surface area contributed by atoms with Crippen LogP contribution in [0.5, 0.6) is 0 Å². The average Bonchev–Trinajstić information content (AvgIpc) is 2.46. The van der Waals surface area contributed by atoms with Crippen LogP contribution in [0.15, 0.2) is 29.3 Å². The van der Waals surface area contributed by atoms with E-state index in [4.69, 9.17) is 4.74 Å². The summed E-state index contributed by atoms with van der Waals surface area (Å²) in [5, 5.41) is 9.39. The normalized spacial score (nSPS) is 12.5. The Morgan fingerprint density at radius 2 is 1.76 bits per heavy atom. The second-order valence-electron chi connectivity index (χ2n) is 7.72. The molecule has 0 aliphatic rings. The van der Waals surface area contributed by atoms with Crippen LogP contribution in [0.1, 0.15) is 45.7 Å². The maximum atomic E-state index is 11.9. The Bertz CT molecular complexity index is 604. The zero-order valence-electron chi connectivity index (χ0n) is 16.5. The fraction of sp³-hybridized carbons (Fsp3) is 0.579. The van der Waals surface area contributed by atoms with E-state index in [1.807, 2.05) is 46.8 Å². The number of carbonyl (C=O) groups is 1. The third kappa shape index (κ3) is 8.42. The standard InChI is InChI=1S/C19H32N4O2/c1-14-10-8-9-11-15(14)12-21-16(20-7)22-13-19(5,6)23-17(24)25-18(2,3)4/h8-11H,12-13H2,1-7H3,(H,23,24)(H2,20,21,22). The van der Waals surface area contributed by atoms with Gasteiger partial charge in [-0.15, -0.1) is 0 Å². The van der Waals surface area contributed by atoms with E-state index in [0.717, 1.165) is 0 Å². The van der Waals surface area contributed by atoms with Gasteiger partial charge in [0.25, 0.3) is 0 Å². The number of aryl methyl sites for hydroxylation is 1. The molecule has 1 rings (SSSR count). The van der Waals surface area contributed by atoms with Crippen LogP contribution in [0.4, 0.5) is 4.79 Å². The van der Waals surface area contributed by atoms with Crippen LogP contribution in [0, 0.1) is 6.92 Å². The molecule has 6 heteroatoms. The quantitative estimate of drug-likeness (QED) is 0.565. The summed E-state index contributed by atoms with van der Waals surface area (Å²) in [4.78, 5) is 16.2. The molecule has 0 saturated heterocycles. The summed E-state index contributed by atoms with van der Waals surface area (Å²) < 4.78 is 5.30. The summed E-state index contributed by atoms with van der Waals surface area (Å²) in [5.41, 5.74) is 1.45. The first-order valence-electron chi connectivity index (χ1n) is 8.52. The number of nitrogens with zero attached hydrogens (tertiary/aromatic N) is 1. The molecule has 25 heavy (non-hydrogen) atoms. The van der Waals surface area contributed by atoms with Gasteiger partial charge in [0.05, 0.1) is 5.54 Å². The van der Waals surface area contributed by atoms with Crippen LogP contribution in [-0.2, 0) is 11.3 Å². The SMILES string of the molecule is CN=C(NCc1ccccc1C)NCC(C)(C)NC(=O)OC(C)(C)C. The molecule has 0 saturated carbocycles. The molecule has 0 spiro atoms. The van der Waals surface area contributed by atoms with Gasteiger partial charge in [-0.2, -0.15) is 0 Å². The van der Waals surface area contributed by atoms with E-state index in [0.29, 0.717) is 19.0 Å². The smallest absolute Gasteiger partial charge is 0.408 e. The highest BCUT2D eigenvalue weighted by Gasteiger charge is 2.24. The molecule has 1 aromatic rings. The topological polar surface area (TPSA) is 74.8 Å². The predicted molar refractivity (Wildman–Crippen MR) is 103 cm³/mol. The summed E-state index contributed by atoms with van der Waals surface area (Å²) in [6.07, 6.45) is -0.429. The summed E-state index contributed by atoms with van der Waals surface area (Å²) in [7, 11) is 1.72. The predicted octanol–water partition coefficient (Wildman–Crippen LogP) is 2.96. The van der Waals surface area contributed by atoms with Crippen molar-refractivity contribution in [2.24, 2.45) is 4.99 Å². The molecular weight excluding hydrogens is 316 g/mol. The Morgan fingerprint density at radius 1 is 1.12 bits per heavy atom. The lowest BCUT2D eigenvalue weighted by Gasteiger charge is -2.29. The molecule has 1 aromatic carbocycles. The average molecular weight is 348 g/mol. The lowest BCUT2D eigenvalue weighted by molar-refractivity contribution is 0.0474. The Hall–Kier alpha value is -2.24. The molecule has 0 unspecified atom stereocenters. The van der Waals surface area contributed by atoms with Crippen LogP contribution in [0.25, 0.3) is 0 Å². The van der Waals surface area contributed by atoms with Crippen molar-refractivity contribution in [2.75, 3.05) is 13.6 Å². The molecule has 0 bridgehead atoms. The first kappa shape index (κ1) is 20.8. The number of ether oxygens (including phenoxy) is 1. The summed E-state index contributed by atoms with van der Waals surface area (Å²) in [6, 6.07) is 8.22. The highest BCUT2D eigenvalue weighted by molar-refractivity contribution is 5.79. The van der Waals surface area contributed by atoms with E-state index in [9.17, 15) is 4.79 Å². The number of guanidine groups is 1. The molecule has 0 aliphatic heterocycles. The number of rotatable bonds is 5. The maximum Gasteiger partial charge on any atom is 0.408 e. The van der Waals surface area contributed by atoms with Gasteiger partial charge in [-0.25, -0.2) is 4.79 Å². The number of amides is 1. The van der Waals surface area contributed by atoms with E-state index in [2.05, 4.69) is 40.0 Å². The van der Waals surface area contributed by atoms with Crippen LogP contribution in [0.2, 0.25) is 0 Å². The number of aliphatic imine (C=N–C) groups is 1. The summed E-state index contributed by atoms with van der Waals surface area (Å²) in [6.45, 7) is 12.7. The number of carbonyl (C=O) groups excluding carboxylic acids is 1. The van der Waals surface area contributed by atoms with E-state index >= 15 is 0 Å². The largest absolute Gasteiger partial charge is 0.444 e. The third-order valence-electron chi connectivity index (χ3n) is 3.47. The van der Waals surface area contributed by atoms with E-state index in [1.54, 1.807) is 7.05 Å². The van der Waals surface area contributed by atoms with Gasteiger partial charge >= 0.3 is 6.09 Å². The van der Waals surface area contributed by atoms with Gasteiger partial charge in [0.2, 0.25) is 0 Å². The minimum absolute atomic E-state index is 0.429. The van der Waals surface area contributed by atoms with Crippen molar-refractivity contribution in [1.29, 1.82) is 0 Å². The van der Waals surface area contributed by atoms with E-state index in [-0.39, 0.29) is 0 Å². The molecule has 0 heterocycles. The van der Waals surface area contributed by atoms with Crippen molar-refractivity contribution in [3.8, 4) is 0 Å². The second-order valence-corrected chi connectivity index (χ2v) is 7.72. The van der Waals surface area contributed by atoms with Gasteiger partial charge in [0.15, 0.2) is 5.96 Å². The molecule has 0 aromatic heterocycles. The maximum absolute atomic E-state index is 11.9. The minimum Gasteiger partial charge on any atom is -0.444 e. The Kier molecular flexibility index (Phi) is 7.27. The molecule has 0 aliphatic carbocycles. The molecule has 6 nitrogen and oxygen atoms in total. The van der Waals surface area contributed by atoms with Gasteiger partial charge in [0, 0.05) is 20.1 Å². The Balaban J connectivity index is 2.50. The second kappa shape index (κ2) is 8.74. The Morgan fingerprint density at radius 3 is 2.32 bits per heavy atom. The number of hydrogen-bond acceptors (Lipinski definition) is 3. The first-order chi connectivity index (χ1) is 11.5. The number of hydrogen-bond donors (Lipinski definition) is 3. The molecule has 3 N–H and O–H groups in total. The van der Waals surface area contributed by atoms with Gasteiger partial charge in [-0.3, -0.25) is 4.99 Å². The van der Waals surface area contributed by atoms with Gasteiger partial charge in [-0.1, -0.05) is 24.3 Å². The molecule has 140 valence electrons. The van der Waals surface area contributed by atoms with Crippen molar-refractivity contribution >= 4 is 12.1 Å². The lowest BCUT2D eigenvalue weighted by atomic mass is 10.1. The first-order valence-corrected chi connectivity index (χ1v) is 8.52.